The Morgan fingerprint density at radius 3 is 2.76 bits per heavy atom. The zero-order valence-corrected chi connectivity index (χ0v) is 11.5. The number of hydrogen-bond donors (Lipinski definition) is 1. The molecular formula is C15H17NO5. The minimum absolute atomic E-state index is 0.138. The molecule has 0 aliphatic heterocycles. The van der Waals surface area contributed by atoms with Gasteiger partial charge < -0.3 is 9.84 Å². The molecule has 0 atom stereocenters. The molecule has 6 heteroatoms. The number of aliphatic carboxylic acids is 1. The topological polar surface area (TPSA) is 89.7 Å². The SMILES string of the molecule is O=C(O)C=Cc1ccc(OCC2CCCC2)c([N+](=O)[O-])c1. The number of hydrogen-bond acceptors (Lipinski definition) is 4. The Kier molecular flexibility index (Phi) is 4.92. The van der Waals surface area contributed by atoms with Gasteiger partial charge >= 0.3 is 11.7 Å². The van der Waals surface area contributed by atoms with Crippen LogP contribution < -0.4 is 4.74 Å². The zero-order chi connectivity index (χ0) is 15.2. The number of nitro benzene ring substituents is 1. The zero-order valence-electron chi connectivity index (χ0n) is 11.5. The first kappa shape index (κ1) is 15.0. The van der Waals surface area contributed by atoms with E-state index >= 15 is 0 Å². The summed E-state index contributed by atoms with van der Waals surface area (Å²) in [5, 5.41) is 19.7. The Bertz CT molecular complexity index is 561. The smallest absolute Gasteiger partial charge is 0.328 e. The molecule has 0 radical (unpaired) electrons. The van der Waals surface area contributed by atoms with Crippen LogP contribution in [0.5, 0.6) is 5.75 Å². The average molecular weight is 291 g/mol. The van der Waals surface area contributed by atoms with E-state index in [4.69, 9.17) is 9.84 Å². The lowest BCUT2D eigenvalue weighted by Gasteiger charge is -2.11. The Hall–Kier alpha value is -2.37. The summed E-state index contributed by atoms with van der Waals surface area (Å²) < 4.78 is 5.58. The predicted molar refractivity (Wildman–Crippen MR) is 77.2 cm³/mol. The molecule has 0 saturated heterocycles. The van der Waals surface area contributed by atoms with Crippen molar-refractivity contribution < 1.29 is 19.6 Å². The molecule has 0 aromatic heterocycles. The van der Waals surface area contributed by atoms with Crippen molar-refractivity contribution in [2.75, 3.05) is 6.61 Å². The van der Waals surface area contributed by atoms with E-state index in [1.165, 1.54) is 31.1 Å². The normalized spacial score (nSPS) is 15.4. The van der Waals surface area contributed by atoms with Crippen LogP contribution in [0.4, 0.5) is 5.69 Å². The number of nitro groups is 1. The summed E-state index contributed by atoms with van der Waals surface area (Å²) in [6.07, 6.45) is 6.85. The van der Waals surface area contributed by atoms with Gasteiger partial charge in [0.15, 0.2) is 5.75 Å². The molecule has 1 aromatic carbocycles. The van der Waals surface area contributed by atoms with Gasteiger partial charge in [0.25, 0.3) is 0 Å². The molecule has 0 amide bonds. The summed E-state index contributed by atoms with van der Waals surface area (Å²) in [6.45, 7) is 0.491. The lowest BCUT2D eigenvalue weighted by atomic mass is 10.1. The molecule has 0 heterocycles. The molecule has 0 unspecified atom stereocenters. The summed E-state index contributed by atoms with van der Waals surface area (Å²) in [6, 6.07) is 4.45. The van der Waals surface area contributed by atoms with Crippen molar-refractivity contribution in [2.45, 2.75) is 25.7 Å². The number of carboxylic acid groups (broad SMARTS) is 1. The minimum Gasteiger partial charge on any atom is -0.487 e. The molecule has 6 nitrogen and oxygen atoms in total. The highest BCUT2D eigenvalue weighted by Gasteiger charge is 2.19. The number of benzene rings is 1. The van der Waals surface area contributed by atoms with Gasteiger partial charge in [-0.15, -0.1) is 0 Å². The highest BCUT2D eigenvalue weighted by molar-refractivity contribution is 5.85. The van der Waals surface area contributed by atoms with Crippen molar-refractivity contribution in [1.29, 1.82) is 0 Å². The second-order valence-corrected chi connectivity index (χ2v) is 5.12. The predicted octanol–water partition coefficient (Wildman–Crippen LogP) is 3.26. The maximum Gasteiger partial charge on any atom is 0.328 e. The minimum atomic E-state index is -1.10. The lowest BCUT2D eigenvalue weighted by Crippen LogP contribution is -2.09. The van der Waals surface area contributed by atoms with Crippen LogP contribution in [0.15, 0.2) is 24.3 Å². The summed E-state index contributed by atoms with van der Waals surface area (Å²) >= 11 is 0. The third-order valence-corrected chi connectivity index (χ3v) is 3.55. The Balaban J connectivity index is 2.12. The second-order valence-electron chi connectivity index (χ2n) is 5.12. The fourth-order valence-corrected chi connectivity index (χ4v) is 2.45. The van der Waals surface area contributed by atoms with E-state index in [0.29, 0.717) is 18.1 Å². The first-order valence-electron chi connectivity index (χ1n) is 6.88. The molecular weight excluding hydrogens is 274 g/mol. The summed E-state index contributed by atoms with van der Waals surface area (Å²) in [5.41, 5.74) is 0.317. The number of carbonyl (C=O) groups is 1. The molecule has 0 spiro atoms. The molecule has 2 rings (SSSR count). The molecule has 1 saturated carbocycles. The molecule has 0 bridgehead atoms. The summed E-state index contributed by atoms with van der Waals surface area (Å²) in [4.78, 5) is 21.0. The Morgan fingerprint density at radius 1 is 1.43 bits per heavy atom. The van der Waals surface area contributed by atoms with Gasteiger partial charge in [0.05, 0.1) is 11.5 Å². The van der Waals surface area contributed by atoms with Gasteiger partial charge in [-0.25, -0.2) is 4.79 Å². The molecule has 1 aliphatic rings. The van der Waals surface area contributed by atoms with Crippen LogP contribution in [0.3, 0.4) is 0 Å². The van der Waals surface area contributed by atoms with Crippen molar-refractivity contribution >= 4 is 17.7 Å². The first-order chi connectivity index (χ1) is 10.1. The number of rotatable bonds is 6. The fourth-order valence-electron chi connectivity index (χ4n) is 2.45. The Labute approximate surface area is 122 Å². The standard InChI is InChI=1S/C15H17NO5/c17-15(18)8-6-11-5-7-14(13(9-11)16(19)20)21-10-12-3-1-2-4-12/h5-9,12H,1-4,10H2,(H,17,18). The molecule has 112 valence electrons. The van der Waals surface area contributed by atoms with Crippen LogP contribution in [0.25, 0.3) is 6.08 Å². The highest BCUT2D eigenvalue weighted by Crippen LogP contribution is 2.31. The monoisotopic (exact) mass is 291 g/mol. The van der Waals surface area contributed by atoms with E-state index in [2.05, 4.69) is 0 Å². The molecule has 1 N–H and O–H groups in total. The maximum absolute atomic E-state index is 11.1. The van der Waals surface area contributed by atoms with Gasteiger partial charge in [0.2, 0.25) is 0 Å². The average Bonchev–Trinajstić information content (AvgIpc) is 2.96. The lowest BCUT2D eigenvalue weighted by molar-refractivity contribution is -0.385. The van der Waals surface area contributed by atoms with Crippen LogP contribution in [0.1, 0.15) is 31.2 Å². The van der Waals surface area contributed by atoms with Gasteiger partial charge in [-0.05, 0) is 36.5 Å². The fraction of sp³-hybridized carbons (Fsp3) is 0.400. The van der Waals surface area contributed by atoms with E-state index in [1.807, 2.05) is 0 Å². The van der Waals surface area contributed by atoms with Crippen molar-refractivity contribution in [1.82, 2.24) is 0 Å². The van der Waals surface area contributed by atoms with Crippen LogP contribution >= 0.6 is 0 Å². The first-order valence-corrected chi connectivity index (χ1v) is 6.88. The summed E-state index contributed by atoms with van der Waals surface area (Å²) in [7, 11) is 0. The van der Waals surface area contributed by atoms with E-state index in [0.717, 1.165) is 18.9 Å². The van der Waals surface area contributed by atoms with Crippen LogP contribution in [0.2, 0.25) is 0 Å². The molecule has 21 heavy (non-hydrogen) atoms. The van der Waals surface area contributed by atoms with E-state index < -0.39 is 10.9 Å². The third kappa shape index (κ3) is 4.30. The molecule has 1 aromatic rings. The van der Waals surface area contributed by atoms with E-state index in [-0.39, 0.29) is 11.4 Å². The van der Waals surface area contributed by atoms with Crippen LogP contribution in [0, 0.1) is 16.0 Å². The van der Waals surface area contributed by atoms with E-state index in [1.54, 1.807) is 6.07 Å². The van der Waals surface area contributed by atoms with Crippen molar-refractivity contribution in [2.24, 2.45) is 5.92 Å². The number of nitrogens with zero attached hydrogens (tertiary/aromatic N) is 1. The van der Waals surface area contributed by atoms with E-state index in [9.17, 15) is 14.9 Å². The second kappa shape index (κ2) is 6.88. The van der Waals surface area contributed by atoms with Gasteiger partial charge in [-0.1, -0.05) is 18.9 Å². The quantitative estimate of drug-likeness (QED) is 0.493. The maximum atomic E-state index is 11.1. The third-order valence-electron chi connectivity index (χ3n) is 3.55. The number of ether oxygens (including phenoxy) is 1. The van der Waals surface area contributed by atoms with Crippen LogP contribution in [-0.4, -0.2) is 22.6 Å². The summed E-state index contributed by atoms with van der Waals surface area (Å²) in [5.74, 6) is -0.394. The van der Waals surface area contributed by atoms with Crippen molar-refractivity contribution in [3.05, 3.63) is 40.0 Å². The van der Waals surface area contributed by atoms with Gasteiger partial charge in [0, 0.05) is 12.1 Å². The van der Waals surface area contributed by atoms with Crippen LogP contribution in [-0.2, 0) is 4.79 Å². The molecule has 1 fully saturated rings. The molecule has 1 aliphatic carbocycles. The van der Waals surface area contributed by atoms with Crippen molar-refractivity contribution in [3.63, 3.8) is 0 Å². The largest absolute Gasteiger partial charge is 0.487 e. The van der Waals surface area contributed by atoms with Gasteiger partial charge in [0.1, 0.15) is 0 Å². The van der Waals surface area contributed by atoms with Gasteiger partial charge in [-0.3, -0.25) is 10.1 Å². The van der Waals surface area contributed by atoms with Crippen molar-refractivity contribution in [3.8, 4) is 5.75 Å². The highest BCUT2D eigenvalue weighted by atomic mass is 16.6. The Morgan fingerprint density at radius 2 is 2.14 bits per heavy atom. The number of carboxylic acids is 1. The van der Waals surface area contributed by atoms with Gasteiger partial charge in [-0.2, -0.15) is 0 Å².